The number of ether oxygens (including phenoxy) is 5. The molecule has 0 saturated heterocycles. The van der Waals surface area contributed by atoms with Gasteiger partial charge in [0.2, 0.25) is 5.75 Å². The van der Waals surface area contributed by atoms with Crippen molar-refractivity contribution in [1.82, 2.24) is 0 Å². The van der Waals surface area contributed by atoms with E-state index in [0.717, 1.165) is 5.56 Å². The van der Waals surface area contributed by atoms with Crippen molar-refractivity contribution in [3.05, 3.63) is 54.1 Å². The van der Waals surface area contributed by atoms with Crippen molar-refractivity contribution in [3.63, 3.8) is 0 Å². The summed E-state index contributed by atoms with van der Waals surface area (Å²) in [5, 5.41) is 10.8. The highest BCUT2D eigenvalue weighted by atomic mass is 16.5. The van der Waals surface area contributed by atoms with Crippen molar-refractivity contribution in [2.45, 2.75) is 25.6 Å². The zero-order valence-corrected chi connectivity index (χ0v) is 17.0. The molecule has 6 nitrogen and oxygen atoms in total. The van der Waals surface area contributed by atoms with E-state index in [1.54, 1.807) is 59.6 Å². The Morgan fingerprint density at radius 1 is 0.893 bits per heavy atom. The first-order valence-electron chi connectivity index (χ1n) is 8.91. The number of allylic oxidation sites excluding steroid dienone is 1. The smallest absolute Gasteiger partial charge is 0.203 e. The second-order valence-corrected chi connectivity index (χ2v) is 6.20. The predicted octanol–water partition coefficient (Wildman–Crippen LogP) is 3.95. The summed E-state index contributed by atoms with van der Waals surface area (Å²) in [6.45, 7) is 5.53. The minimum absolute atomic E-state index is 0.435. The summed E-state index contributed by atoms with van der Waals surface area (Å²) < 4.78 is 27.5. The molecule has 0 radical (unpaired) electrons. The summed E-state index contributed by atoms with van der Waals surface area (Å²) in [6, 6.07) is 8.98. The minimum Gasteiger partial charge on any atom is -0.493 e. The van der Waals surface area contributed by atoms with Gasteiger partial charge in [0.25, 0.3) is 0 Å². The molecule has 0 aliphatic carbocycles. The van der Waals surface area contributed by atoms with Crippen molar-refractivity contribution in [1.29, 1.82) is 0 Å². The fourth-order valence-corrected chi connectivity index (χ4v) is 2.89. The van der Waals surface area contributed by atoms with Crippen LogP contribution in [0.4, 0.5) is 0 Å². The molecule has 0 heterocycles. The first-order chi connectivity index (χ1) is 13.5. The van der Waals surface area contributed by atoms with E-state index in [2.05, 4.69) is 6.58 Å². The number of hydrogen-bond donors (Lipinski definition) is 1. The molecule has 0 aliphatic rings. The molecule has 1 N–H and O–H groups in total. The van der Waals surface area contributed by atoms with Gasteiger partial charge in [-0.05, 0) is 48.7 Å². The van der Waals surface area contributed by atoms with Crippen LogP contribution in [0.5, 0.6) is 28.7 Å². The highest BCUT2D eigenvalue weighted by molar-refractivity contribution is 5.54. The Morgan fingerprint density at radius 2 is 1.46 bits per heavy atom. The first-order valence-corrected chi connectivity index (χ1v) is 8.91. The Kier molecular flexibility index (Phi) is 7.58. The number of aliphatic hydroxyl groups excluding tert-OH is 1. The maximum absolute atomic E-state index is 10.8. The molecule has 2 aromatic rings. The molecule has 0 saturated carbocycles. The summed E-state index contributed by atoms with van der Waals surface area (Å²) in [5.74, 6) is 2.62. The lowest BCUT2D eigenvalue weighted by Crippen LogP contribution is -2.22. The summed E-state index contributed by atoms with van der Waals surface area (Å²) in [6.07, 6.45) is 1.00. The Bertz CT molecular complexity index is 777. The molecule has 0 amide bonds. The topological polar surface area (TPSA) is 66.4 Å². The normalized spacial score (nSPS) is 12.6. The molecule has 0 bridgehead atoms. The van der Waals surface area contributed by atoms with Crippen LogP contribution in [-0.4, -0.2) is 39.6 Å². The van der Waals surface area contributed by atoms with Crippen LogP contribution in [0, 0.1) is 0 Å². The number of methoxy groups -OCH3 is 4. The van der Waals surface area contributed by atoms with Gasteiger partial charge in [0, 0.05) is 0 Å². The Morgan fingerprint density at radius 3 is 1.96 bits per heavy atom. The van der Waals surface area contributed by atoms with E-state index in [-0.39, 0.29) is 0 Å². The highest BCUT2D eigenvalue weighted by Gasteiger charge is 2.23. The van der Waals surface area contributed by atoms with Gasteiger partial charge in [-0.1, -0.05) is 12.1 Å². The van der Waals surface area contributed by atoms with E-state index in [1.807, 2.05) is 12.1 Å². The van der Waals surface area contributed by atoms with Crippen LogP contribution < -0.4 is 23.7 Å². The van der Waals surface area contributed by atoms with Crippen molar-refractivity contribution < 1.29 is 28.8 Å². The molecule has 2 rings (SSSR count). The minimum atomic E-state index is -0.901. The molecular formula is C22H28O6. The van der Waals surface area contributed by atoms with Crippen LogP contribution in [0.3, 0.4) is 0 Å². The SMILES string of the molecule is C=CCc1cc(OC)c(O[C@H](C)[C@@H](O)c2ccc(OC)c(OC)c2)c(OC)c1. The second kappa shape index (κ2) is 9.90. The van der Waals surface area contributed by atoms with Gasteiger partial charge < -0.3 is 28.8 Å². The van der Waals surface area contributed by atoms with Gasteiger partial charge >= 0.3 is 0 Å². The molecule has 152 valence electrons. The summed E-state index contributed by atoms with van der Waals surface area (Å²) >= 11 is 0. The molecule has 2 atom stereocenters. The van der Waals surface area contributed by atoms with Crippen molar-refractivity contribution in [3.8, 4) is 28.7 Å². The molecule has 0 aromatic heterocycles. The second-order valence-electron chi connectivity index (χ2n) is 6.20. The maximum Gasteiger partial charge on any atom is 0.203 e. The zero-order chi connectivity index (χ0) is 20.7. The van der Waals surface area contributed by atoms with E-state index in [0.29, 0.717) is 40.7 Å². The van der Waals surface area contributed by atoms with Gasteiger partial charge in [-0.15, -0.1) is 6.58 Å². The molecule has 0 fully saturated rings. The van der Waals surface area contributed by atoms with E-state index in [1.165, 1.54) is 0 Å². The van der Waals surface area contributed by atoms with Crippen LogP contribution in [0.1, 0.15) is 24.2 Å². The number of hydrogen-bond acceptors (Lipinski definition) is 6. The molecule has 6 heteroatoms. The van der Waals surface area contributed by atoms with Gasteiger partial charge in [-0.3, -0.25) is 0 Å². The number of aliphatic hydroxyl groups is 1. The molecule has 2 aromatic carbocycles. The number of rotatable bonds is 10. The number of benzene rings is 2. The third kappa shape index (κ3) is 4.70. The lowest BCUT2D eigenvalue weighted by atomic mass is 10.0. The van der Waals surface area contributed by atoms with Crippen molar-refractivity contribution in [2.75, 3.05) is 28.4 Å². The van der Waals surface area contributed by atoms with Crippen LogP contribution in [0.25, 0.3) is 0 Å². The fourth-order valence-electron chi connectivity index (χ4n) is 2.89. The quantitative estimate of drug-likeness (QED) is 0.622. The Labute approximate surface area is 166 Å². The largest absolute Gasteiger partial charge is 0.493 e. The molecule has 0 unspecified atom stereocenters. The van der Waals surface area contributed by atoms with E-state index in [9.17, 15) is 5.11 Å². The van der Waals surface area contributed by atoms with Crippen LogP contribution in [0.2, 0.25) is 0 Å². The summed E-state index contributed by atoms with van der Waals surface area (Å²) in [4.78, 5) is 0. The van der Waals surface area contributed by atoms with Crippen LogP contribution in [0.15, 0.2) is 43.0 Å². The van der Waals surface area contributed by atoms with Gasteiger partial charge in [-0.25, -0.2) is 0 Å². The fraction of sp³-hybridized carbons (Fsp3) is 0.364. The zero-order valence-electron chi connectivity index (χ0n) is 17.0. The third-order valence-electron chi connectivity index (χ3n) is 4.40. The van der Waals surface area contributed by atoms with Crippen LogP contribution in [-0.2, 0) is 6.42 Å². The average Bonchev–Trinajstić information content (AvgIpc) is 2.73. The Balaban J connectivity index is 2.30. The van der Waals surface area contributed by atoms with Crippen LogP contribution >= 0.6 is 0 Å². The predicted molar refractivity (Wildman–Crippen MR) is 108 cm³/mol. The van der Waals surface area contributed by atoms with Crippen molar-refractivity contribution >= 4 is 0 Å². The van der Waals surface area contributed by atoms with E-state index < -0.39 is 12.2 Å². The first kappa shape index (κ1) is 21.4. The molecule has 28 heavy (non-hydrogen) atoms. The lowest BCUT2D eigenvalue weighted by molar-refractivity contribution is 0.0433. The highest BCUT2D eigenvalue weighted by Crippen LogP contribution is 2.41. The third-order valence-corrected chi connectivity index (χ3v) is 4.40. The Hall–Kier alpha value is -2.86. The monoisotopic (exact) mass is 388 g/mol. The maximum atomic E-state index is 10.8. The summed E-state index contributed by atoms with van der Waals surface area (Å²) in [5.41, 5.74) is 1.63. The lowest BCUT2D eigenvalue weighted by Gasteiger charge is -2.24. The summed E-state index contributed by atoms with van der Waals surface area (Å²) in [7, 11) is 6.24. The average molecular weight is 388 g/mol. The van der Waals surface area contributed by atoms with E-state index >= 15 is 0 Å². The van der Waals surface area contributed by atoms with E-state index in [4.69, 9.17) is 23.7 Å². The standard InChI is InChI=1S/C22H28O6/c1-7-8-15-11-19(26-5)22(20(12-15)27-6)28-14(2)21(23)16-9-10-17(24-3)18(13-16)25-4/h7,9-14,21,23H,1,8H2,2-6H3/t14-,21-/m1/s1. The van der Waals surface area contributed by atoms with Crippen molar-refractivity contribution in [2.24, 2.45) is 0 Å². The van der Waals surface area contributed by atoms with Gasteiger partial charge in [0.1, 0.15) is 12.2 Å². The molecular weight excluding hydrogens is 360 g/mol. The molecule has 0 aliphatic heterocycles. The molecule has 0 spiro atoms. The van der Waals surface area contributed by atoms with Gasteiger partial charge in [0.15, 0.2) is 23.0 Å². The van der Waals surface area contributed by atoms with Gasteiger partial charge in [0.05, 0.1) is 28.4 Å². The van der Waals surface area contributed by atoms with Gasteiger partial charge in [-0.2, -0.15) is 0 Å².